The minimum Gasteiger partial charge on any atom is -0.384 e. The van der Waals surface area contributed by atoms with Gasteiger partial charge in [0.15, 0.2) is 0 Å². The van der Waals surface area contributed by atoms with E-state index in [1.807, 2.05) is 19.9 Å². The number of nitrogens with two attached hydrogens (primary N) is 1. The van der Waals surface area contributed by atoms with Crippen LogP contribution in [0, 0.1) is 12.8 Å². The predicted molar refractivity (Wildman–Crippen MR) is 83.0 cm³/mol. The number of nitrogens with one attached hydrogen (secondary N) is 1. The molecule has 0 saturated carbocycles. The van der Waals surface area contributed by atoms with Crippen molar-refractivity contribution >= 4 is 26.0 Å². The number of benzene rings is 1. The molecule has 5 nitrogen and oxygen atoms in total. The first kappa shape index (κ1) is 17.6. The molecule has 1 aromatic carbocycles. The van der Waals surface area contributed by atoms with Gasteiger partial charge in [-0.25, -0.2) is 13.1 Å². The molecule has 114 valence electrons. The molecule has 1 atom stereocenters. The van der Waals surface area contributed by atoms with Crippen LogP contribution in [-0.2, 0) is 21.3 Å². The topological polar surface area (TPSA) is 81.4 Å². The summed E-state index contributed by atoms with van der Waals surface area (Å²) >= 11 is 3.33. The van der Waals surface area contributed by atoms with Gasteiger partial charge in [0.25, 0.3) is 0 Å². The molecule has 0 aliphatic carbocycles. The van der Waals surface area contributed by atoms with Gasteiger partial charge in [-0.1, -0.05) is 13.0 Å². The van der Waals surface area contributed by atoms with E-state index in [-0.39, 0.29) is 10.8 Å². The van der Waals surface area contributed by atoms with Crippen molar-refractivity contribution in [2.45, 2.75) is 25.3 Å². The highest BCUT2D eigenvalue weighted by atomic mass is 79.9. The fraction of sp³-hybridized carbons (Fsp3) is 0.538. The van der Waals surface area contributed by atoms with Crippen LogP contribution in [0.3, 0.4) is 0 Å². The Morgan fingerprint density at radius 2 is 2.10 bits per heavy atom. The normalized spacial score (nSPS) is 13.4. The van der Waals surface area contributed by atoms with Crippen LogP contribution in [0.2, 0.25) is 0 Å². The summed E-state index contributed by atoms with van der Waals surface area (Å²) in [6.45, 7) is 4.90. The number of hydrogen-bond acceptors (Lipinski definition) is 4. The fourth-order valence-corrected chi connectivity index (χ4v) is 4.03. The maximum absolute atomic E-state index is 12.4. The average molecular weight is 365 g/mol. The molecule has 0 aromatic heterocycles. The van der Waals surface area contributed by atoms with Gasteiger partial charge >= 0.3 is 0 Å². The predicted octanol–water partition coefficient (Wildman–Crippen LogP) is 1.78. The number of halogens is 1. The molecule has 0 heterocycles. The van der Waals surface area contributed by atoms with Crippen molar-refractivity contribution < 1.29 is 13.2 Å². The van der Waals surface area contributed by atoms with Gasteiger partial charge < -0.3 is 10.5 Å². The summed E-state index contributed by atoms with van der Waals surface area (Å²) in [7, 11) is -1.97. The number of sulfonamides is 1. The zero-order valence-electron chi connectivity index (χ0n) is 11.9. The van der Waals surface area contributed by atoms with Crippen LogP contribution in [-0.4, -0.2) is 28.7 Å². The van der Waals surface area contributed by atoms with Crippen molar-refractivity contribution in [2.24, 2.45) is 11.7 Å². The number of ether oxygens (including phenoxy) is 1. The molecule has 20 heavy (non-hydrogen) atoms. The molecular formula is C13H21BrN2O3S. The van der Waals surface area contributed by atoms with E-state index in [1.165, 1.54) is 0 Å². The number of aryl methyl sites for hydroxylation is 1. The minimum absolute atomic E-state index is 0.104. The van der Waals surface area contributed by atoms with Gasteiger partial charge in [-0.2, -0.15) is 0 Å². The summed E-state index contributed by atoms with van der Waals surface area (Å²) in [5, 5.41) is 0. The zero-order chi connectivity index (χ0) is 15.3. The van der Waals surface area contributed by atoms with Crippen LogP contribution in [0.1, 0.15) is 18.1 Å². The lowest BCUT2D eigenvalue weighted by molar-refractivity contribution is 0.161. The minimum atomic E-state index is -3.57. The van der Waals surface area contributed by atoms with Crippen LogP contribution in [0.4, 0.5) is 0 Å². The highest BCUT2D eigenvalue weighted by molar-refractivity contribution is 9.10. The van der Waals surface area contributed by atoms with E-state index in [0.717, 1.165) is 11.1 Å². The molecule has 1 aromatic rings. The summed E-state index contributed by atoms with van der Waals surface area (Å²) in [5.74, 6) is 0.104. The Morgan fingerprint density at radius 1 is 1.45 bits per heavy atom. The van der Waals surface area contributed by atoms with Gasteiger partial charge in [0.1, 0.15) is 0 Å². The largest absolute Gasteiger partial charge is 0.384 e. The molecule has 0 aliphatic rings. The average Bonchev–Trinajstić information content (AvgIpc) is 2.39. The molecule has 0 fully saturated rings. The Kier molecular flexibility index (Phi) is 6.60. The number of methoxy groups -OCH3 is 1. The third-order valence-electron chi connectivity index (χ3n) is 2.88. The molecule has 7 heteroatoms. The van der Waals surface area contributed by atoms with Gasteiger partial charge in [-0.05, 0) is 46.0 Å². The van der Waals surface area contributed by atoms with E-state index in [9.17, 15) is 8.42 Å². The van der Waals surface area contributed by atoms with Crippen molar-refractivity contribution in [1.82, 2.24) is 4.72 Å². The Balaban J connectivity index is 3.00. The van der Waals surface area contributed by atoms with Crippen molar-refractivity contribution in [3.05, 3.63) is 27.7 Å². The second-order valence-corrected chi connectivity index (χ2v) is 7.37. The number of hydrogen-bond donors (Lipinski definition) is 2. The van der Waals surface area contributed by atoms with Crippen LogP contribution in [0.15, 0.2) is 21.5 Å². The quantitative estimate of drug-likeness (QED) is 0.772. The monoisotopic (exact) mass is 364 g/mol. The van der Waals surface area contributed by atoms with Gasteiger partial charge in [-0.15, -0.1) is 0 Å². The highest BCUT2D eigenvalue weighted by Crippen LogP contribution is 2.27. The smallest absolute Gasteiger partial charge is 0.241 e. The van der Waals surface area contributed by atoms with Crippen molar-refractivity contribution in [3.8, 4) is 0 Å². The zero-order valence-corrected chi connectivity index (χ0v) is 14.3. The maximum atomic E-state index is 12.4. The Labute approximate surface area is 129 Å². The standard InChI is InChI=1S/C13H21BrN2O3S/c1-9(8-19-3)7-16-20(17,18)12-5-11(6-15)4-10(2)13(12)14/h4-5,9,16H,6-8,15H2,1-3H3. The molecule has 0 amide bonds. The van der Waals surface area contributed by atoms with Crippen LogP contribution in [0.25, 0.3) is 0 Å². The summed E-state index contributed by atoms with van der Waals surface area (Å²) in [5.41, 5.74) is 7.23. The first-order valence-corrected chi connectivity index (χ1v) is 8.57. The third kappa shape index (κ3) is 4.53. The van der Waals surface area contributed by atoms with E-state index in [0.29, 0.717) is 24.2 Å². The summed E-state index contributed by atoms with van der Waals surface area (Å²) in [4.78, 5) is 0.225. The molecule has 3 N–H and O–H groups in total. The van der Waals surface area contributed by atoms with E-state index in [1.54, 1.807) is 13.2 Å². The SMILES string of the molecule is COCC(C)CNS(=O)(=O)c1cc(CN)cc(C)c1Br. The molecule has 0 radical (unpaired) electrons. The van der Waals surface area contributed by atoms with Crippen LogP contribution < -0.4 is 10.5 Å². The molecule has 1 unspecified atom stereocenters. The molecule has 0 saturated heterocycles. The first-order valence-electron chi connectivity index (χ1n) is 6.29. The maximum Gasteiger partial charge on any atom is 0.241 e. The highest BCUT2D eigenvalue weighted by Gasteiger charge is 2.20. The second-order valence-electron chi connectivity index (χ2n) is 4.84. The summed E-state index contributed by atoms with van der Waals surface area (Å²) in [6.07, 6.45) is 0. The summed E-state index contributed by atoms with van der Waals surface area (Å²) < 4.78 is 32.9. The Bertz CT molecular complexity index is 561. The van der Waals surface area contributed by atoms with Crippen LogP contribution >= 0.6 is 15.9 Å². The Morgan fingerprint density at radius 3 is 2.65 bits per heavy atom. The molecule has 1 rings (SSSR count). The second kappa shape index (κ2) is 7.51. The molecule has 0 spiro atoms. The van der Waals surface area contributed by atoms with E-state index >= 15 is 0 Å². The number of rotatable bonds is 7. The molecular weight excluding hydrogens is 344 g/mol. The van der Waals surface area contributed by atoms with Crippen LogP contribution in [0.5, 0.6) is 0 Å². The Hall–Kier alpha value is -0.470. The van der Waals surface area contributed by atoms with Crippen molar-refractivity contribution in [2.75, 3.05) is 20.3 Å². The third-order valence-corrected chi connectivity index (χ3v) is 5.64. The first-order chi connectivity index (χ1) is 9.31. The lowest BCUT2D eigenvalue weighted by Crippen LogP contribution is -2.30. The van der Waals surface area contributed by atoms with Gasteiger partial charge in [0.2, 0.25) is 10.0 Å². The molecule has 0 aliphatic heterocycles. The van der Waals surface area contributed by atoms with Crippen molar-refractivity contribution in [1.29, 1.82) is 0 Å². The van der Waals surface area contributed by atoms with E-state index in [4.69, 9.17) is 10.5 Å². The van der Waals surface area contributed by atoms with Gasteiger partial charge in [0.05, 0.1) is 4.90 Å². The van der Waals surface area contributed by atoms with Gasteiger partial charge in [-0.3, -0.25) is 0 Å². The lowest BCUT2D eigenvalue weighted by Gasteiger charge is -2.14. The van der Waals surface area contributed by atoms with E-state index in [2.05, 4.69) is 20.7 Å². The fourth-order valence-electron chi connectivity index (χ4n) is 1.80. The lowest BCUT2D eigenvalue weighted by atomic mass is 10.1. The van der Waals surface area contributed by atoms with Gasteiger partial charge in [0, 0.05) is 31.3 Å². The van der Waals surface area contributed by atoms with Crippen molar-refractivity contribution in [3.63, 3.8) is 0 Å². The van der Waals surface area contributed by atoms with E-state index < -0.39 is 10.0 Å². The summed E-state index contributed by atoms with van der Waals surface area (Å²) in [6, 6.07) is 3.47. The molecule has 0 bridgehead atoms.